The lowest BCUT2D eigenvalue weighted by molar-refractivity contribution is -0.115. The predicted octanol–water partition coefficient (Wildman–Crippen LogP) is 3.44. The molecule has 7 nitrogen and oxygen atoms in total. The molecular formula is C22H22FN5O2. The predicted molar refractivity (Wildman–Crippen MR) is 113 cm³/mol. The number of carbonyl (C=O) groups excluding carboxylic acids is 2. The summed E-state index contributed by atoms with van der Waals surface area (Å²) >= 11 is 0. The van der Waals surface area contributed by atoms with E-state index in [9.17, 15) is 14.0 Å². The van der Waals surface area contributed by atoms with Crippen molar-refractivity contribution >= 4 is 34.4 Å². The molecule has 0 bridgehead atoms. The monoisotopic (exact) mass is 407 g/mol. The van der Waals surface area contributed by atoms with Crippen LogP contribution >= 0.6 is 0 Å². The smallest absolute Gasteiger partial charge is 0.253 e. The summed E-state index contributed by atoms with van der Waals surface area (Å²) in [5.41, 5.74) is 1.91. The molecule has 4 rings (SSSR count). The molecule has 3 aromatic rings. The summed E-state index contributed by atoms with van der Waals surface area (Å²) in [6, 6.07) is 11.3. The van der Waals surface area contributed by atoms with E-state index in [0.29, 0.717) is 47.6 Å². The summed E-state index contributed by atoms with van der Waals surface area (Å²) in [5, 5.41) is 6.67. The van der Waals surface area contributed by atoms with Gasteiger partial charge >= 0.3 is 0 Å². The van der Waals surface area contributed by atoms with Gasteiger partial charge in [0, 0.05) is 48.4 Å². The van der Waals surface area contributed by atoms with E-state index in [1.807, 2.05) is 0 Å². The fourth-order valence-electron chi connectivity index (χ4n) is 3.45. The number of hydrogen-bond acceptors (Lipinski definition) is 5. The van der Waals surface area contributed by atoms with Crippen LogP contribution in [0.3, 0.4) is 0 Å². The van der Waals surface area contributed by atoms with Gasteiger partial charge in [-0.15, -0.1) is 0 Å². The third kappa shape index (κ3) is 4.37. The van der Waals surface area contributed by atoms with E-state index in [2.05, 4.69) is 20.6 Å². The maximum absolute atomic E-state index is 13.3. The van der Waals surface area contributed by atoms with Gasteiger partial charge in [-0.25, -0.2) is 14.4 Å². The van der Waals surface area contributed by atoms with Gasteiger partial charge in [0.1, 0.15) is 5.82 Å². The van der Waals surface area contributed by atoms with Gasteiger partial charge in [0.2, 0.25) is 11.9 Å². The molecule has 0 spiro atoms. The van der Waals surface area contributed by atoms with E-state index >= 15 is 0 Å². The Morgan fingerprint density at radius 1 is 1.20 bits per heavy atom. The lowest BCUT2D eigenvalue weighted by Crippen LogP contribution is -2.31. The molecule has 1 atom stereocenters. The number of rotatable bonds is 5. The van der Waals surface area contributed by atoms with Crippen LogP contribution in [0.15, 0.2) is 48.7 Å². The molecule has 0 radical (unpaired) electrons. The zero-order chi connectivity index (χ0) is 21.1. The molecule has 2 N–H and O–H groups in total. The number of likely N-dealkylation sites (tertiary alicyclic amines) is 1. The molecule has 0 aliphatic carbocycles. The van der Waals surface area contributed by atoms with Gasteiger partial charge in [-0.05, 0) is 48.9 Å². The number of halogens is 1. The second kappa shape index (κ2) is 8.44. The topological polar surface area (TPSA) is 87.2 Å². The molecule has 1 aliphatic heterocycles. The lowest BCUT2D eigenvalue weighted by Gasteiger charge is -2.17. The summed E-state index contributed by atoms with van der Waals surface area (Å²) in [6.45, 7) is 2.95. The number of benzene rings is 2. The standard InChI is InChI=1S/C22H22FN5O2/c1-2-20(29)25-17-6-3-14(4-7-17)21(30)28-10-9-18(13-28)26-22-24-12-15-11-16(23)5-8-19(15)27-22/h3-8,11-12,18H,2,9-10,13H2,1H3,(H,25,29)(H,24,26,27)/t18-/m1/s1. The third-order valence-electron chi connectivity index (χ3n) is 5.09. The van der Waals surface area contributed by atoms with Crippen molar-refractivity contribution < 1.29 is 14.0 Å². The Labute approximate surface area is 173 Å². The lowest BCUT2D eigenvalue weighted by atomic mass is 10.2. The highest BCUT2D eigenvalue weighted by molar-refractivity contribution is 5.96. The van der Waals surface area contributed by atoms with Crippen LogP contribution in [0.25, 0.3) is 10.9 Å². The highest BCUT2D eigenvalue weighted by Gasteiger charge is 2.27. The number of hydrogen-bond donors (Lipinski definition) is 2. The van der Waals surface area contributed by atoms with Crippen molar-refractivity contribution in [3.05, 3.63) is 60.0 Å². The van der Waals surface area contributed by atoms with Crippen molar-refractivity contribution in [2.75, 3.05) is 23.7 Å². The highest BCUT2D eigenvalue weighted by Crippen LogP contribution is 2.19. The van der Waals surface area contributed by atoms with Crippen LogP contribution in [0, 0.1) is 5.82 Å². The Kier molecular flexibility index (Phi) is 5.56. The molecule has 2 aromatic carbocycles. The SMILES string of the molecule is CCC(=O)Nc1ccc(C(=O)N2CC[C@@H](Nc3ncc4cc(F)ccc4n3)C2)cc1. The fourth-order valence-corrected chi connectivity index (χ4v) is 3.45. The number of anilines is 2. The van der Waals surface area contributed by atoms with Crippen LogP contribution in [0.1, 0.15) is 30.1 Å². The van der Waals surface area contributed by atoms with E-state index < -0.39 is 0 Å². The maximum Gasteiger partial charge on any atom is 0.253 e. The van der Waals surface area contributed by atoms with E-state index in [4.69, 9.17) is 0 Å². The largest absolute Gasteiger partial charge is 0.350 e. The van der Waals surface area contributed by atoms with Gasteiger partial charge in [0.15, 0.2) is 0 Å². The minimum Gasteiger partial charge on any atom is -0.350 e. The van der Waals surface area contributed by atoms with E-state index in [1.54, 1.807) is 48.4 Å². The van der Waals surface area contributed by atoms with Gasteiger partial charge < -0.3 is 15.5 Å². The van der Waals surface area contributed by atoms with Crippen LogP contribution in [-0.4, -0.2) is 45.8 Å². The molecule has 2 heterocycles. The van der Waals surface area contributed by atoms with E-state index in [-0.39, 0.29) is 23.7 Å². The molecule has 30 heavy (non-hydrogen) atoms. The summed E-state index contributed by atoms with van der Waals surface area (Å²) in [6.07, 6.45) is 2.77. The molecule has 1 fully saturated rings. The van der Waals surface area contributed by atoms with Crippen LogP contribution in [0.4, 0.5) is 16.0 Å². The Hall–Kier alpha value is -3.55. The molecule has 2 amide bonds. The Bertz CT molecular complexity index is 1090. The van der Waals surface area contributed by atoms with E-state index in [1.165, 1.54) is 12.1 Å². The quantitative estimate of drug-likeness (QED) is 0.677. The number of nitrogens with one attached hydrogen (secondary N) is 2. The fraction of sp³-hybridized carbons (Fsp3) is 0.273. The second-order valence-corrected chi connectivity index (χ2v) is 7.26. The number of carbonyl (C=O) groups is 2. The average Bonchev–Trinajstić information content (AvgIpc) is 3.22. The second-order valence-electron chi connectivity index (χ2n) is 7.26. The Morgan fingerprint density at radius 2 is 2.00 bits per heavy atom. The zero-order valence-electron chi connectivity index (χ0n) is 16.6. The molecule has 1 saturated heterocycles. The van der Waals surface area contributed by atoms with Crippen molar-refractivity contribution in [3.63, 3.8) is 0 Å². The number of aromatic nitrogens is 2. The van der Waals surface area contributed by atoms with E-state index in [0.717, 1.165) is 6.42 Å². The Morgan fingerprint density at radius 3 is 2.77 bits per heavy atom. The number of amides is 2. The summed E-state index contributed by atoms with van der Waals surface area (Å²) in [4.78, 5) is 34.7. The van der Waals surface area contributed by atoms with Gasteiger partial charge in [0.25, 0.3) is 5.91 Å². The Balaban J connectivity index is 1.37. The van der Waals surface area contributed by atoms with Gasteiger partial charge in [-0.2, -0.15) is 0 Å². The van der Waals surface area contributed by atoms with Gasteiger partial charge in [-0.1, -0.05) is 6.92 Å². The van der Waals surface area contributed by atoms with Crippen molar-refractivity contribution in [2.24, 2.45) is 0 Å². The first kappa shape index (κ1) is 19.8. The van der Waals surface area contributed by atoms with Gasteiger partial charge in [-0.3, -0.25) is 9.59 Å². The number of nitrogens with zero attached hydrogens (tertiary/aromatic N) is 3. The first-order valence-electron chi connectivity index (χ1n) is 9.90. The van der Waals surface area contributed by atoms with Crippen molar-refractivity contribution in [1.29, 1.82) is 0 Å². The first-order valence-corrected chi connectivity index (χ1v) is 9.90. The summed E-state index contributed by atoms with van der Waals surface area (Å²) < 4.78 is 13.3. The molecule has 0 unspecified atom stereocenters. The molecule has 1 aliphatic rings. The van der Waals surface area contributed by atoms with Crippen LogP contribution < -0.4 is 10.6 Å². The van der Waals surface area contributed by atoms with Crippen molar-refractivity contribution in [3.8, 4) is 0 Å². The number of fused-ring (bicyclic) bond motifs is 1. The first-order chi connectivity index (χ1) is 14.5. The molecule has 154 valence electrons. The molecule has 8 heteroatoms. The van der Waals surface area contributed by atoms with Crippen LogP contribution in [-0.2, 0) is 4.79 Å². The minimum absolute atomic E-state index is 0.0370. The summed E-state index contributed by atoms with van der Waals surface area (Å²) in [5.74, 6) is 0.0214. The molecule has 0 saturated carbocycles. The normalized spacial score (nSPS) is 15.9. The third-order valence-corrected chi connectivity index (χ3v) is 5.09. The average molecular weight is 407 g/mol. The minimum atomic E-state index is -0.322. The zero-order valence-corrected chi connectivity index (χ0v) is 16.6. The van der Waals surface area contributed by atoms with Crippen LogP contribution in [0.2, 0.25) is 0 Å². The highest BCUT2D eigenvalue weighted by atomic mass is 19.1. The van der Waals surface area contributed by atoms with Crippen molar-refractivity contribution in [2.45, 2.75) is 25.8 Å². The van der Waals surface area contributed by atoms with Crippen molar-refractivity contribution in [1.82, 2.24) is 14.9 Å². The van der Waals surface area contributed by atoms with Gasteiger partial charge in [0.05, 0.1) is 5.52 Å². The summed E-state index contributed by atoms with van der Waals surface area (Å²) in [7, 11) is 0. The molecular weight excluding hydrogens is 385 g/mol. The van der Waals surface area contributed by atoms with Crippen LogP contribution in [0.5, 0.6) is 0 Å². The maximum atomic E-state index is 13.3. The molecule has 1 aromatic heterocycles.